The monoisotopic (exact) mass is 384 g/mol. The van der Waals surface area contributed by atoms with Crippen LogP contribution in [0.2, 0.25) is 0 Å². The minimum Gasteiger partial charge on any atom is -0.370 e. The van der Waals surface area contributed by atoms with Crippen LogP contribution in [0, 0.1) is 10.5 Å². The second-order valence-corrected chi connectivity index (χ2v) is 5.63. The quantitative estimate of drug-likeness (QED) is 0.805. The van der Waals surface area contributed by atoms with Crippen LogP contribution in [0.25, 0.3) is 0 Å². The maximum atomic E-state index is 12.1. The van der Waals surface area contributed by atoms with Crippen molar-refractivity contribution in [2.45, 2.75) is 26.8 Å². The molecule has 6 heteroatoms. The summed E-state index contributed by atoms with van der Waals surface area (Å²) in [6.45, 7) is 5.34. The minimum absolute atomic E-state index is 0.00187. The van der Waals surface area contributed by atoms with Gasteiger partial charge in [0.1, 0.15) is 5.82 Å². The van der Waals surface area contributed by atoms with Crippen molar-refractivity contribution in [1.82, 2.24) is 14.5 Å². The van der Waals surface area contributed by atoms with E-state index in [0.717, 1.165) is 30.0 Å². The van der Waals surface area contributed by atoms with Gasteiger partial charge in [0.05, 0.1) is 22.1 Å². The third kappa shape index (κ3) is 3.56. The molecule has 0 spiro atoms. The molecular weight excluding hydrogens is 367 g/mol. The molecular formula is C14H17IN4O. The third-order valence-electron chi connectivity index (χ3n) is 2.89. The van der Waals surface area contributed by atoms with Gasteiger partial charge in [0.15, 0.2) is 0 Å². The predicted molar refractivity (Wildman–Crippen MR) is 88.1 cm³/mol. The molecule has 0 amide bonds. The summed E-state index contributed by atoms with van der Waals surface area (Å²) in [5, 5.41) is 3.24. The Morgan fingerprint density at radius 1 is 1.40 bits per heavy atom. The zero-order chi connectivity index (χ0) is 14.5. The number of pyridine rings is 1. The van der Waals surface area contributed by atoms with E-state index in [1.807, 2.05) is 41.6 Å². The van der Waals surface area contributed by atoms with Gasteiger partial charge >= 0.3 is 0 Å². The van der Waals surface area contributed by atoms with Gasteiger partial charge in [0, 0.05) is 12.7 Å². The van der Waals surface area contributed by atoms with Crippen molar-refractivity contribution in [2.24, 2.45) is 0 Å². The number of nitrogens with zero attached hydrogens (tertiary/aromatic N) is 3. The number of hydrogen-bond donors (Lipinski definition) is 1. The molecule has 0 bridgehead atoms. The van der Waals surface area contributed by atoms with Gasteiger partial charge in [0.2, 0.25) is 0 Å². The van der Waals surface area contributed by atoms with Crippen molar-refractivity contribution in [3.63, 3.8) is 0 Å². The highest BCUT2D eigenvalue weighted by Crippen LogP contribution is 2.09. The molecule has 20 heavy (non-hydrogen) atoms. The predicted octanol–water partition coefficient (Wildman–Crippen LogP) is 2.42. The molecule has 0 saturated heterocycles. The van der Waals surface area contributed by atoms with Crippen molar-refractivity contribution >= 4 is 28.4 Å². The molecule has 5 nitrogen and oxygen atoms in total. The van der Waals surface area contributed by atoms with Gasteiger partial charge in [-0.1, -0.05) is 6.92 Å². The fraction of sp³-hybridized carbons (Fsp3) is 0.357. The van der Waals surface area contributed by atoms with E-state index in [1.165, 1.54) is 0 Å². The largest absolute Gasteiger partial charge is 0.370 e. The first-order chi connectivity index (χ1) is 9.61. The van der Waals surface area contributed by atoms with Crippen LogP contribution >= 0.6 is 22.6 Å². The van der Waals surface area contributed by atoms with Crippen LogP contribution in [-0.4, -0.2) is 21.1 Å². The average molecular weight is 384 g/mol. The molecule has 0 radical (unpaired) electrons. The Kier molecular flexibility index (Phi) is 5.11. The van der Waals surface area contributed by atoms with Crippen LogP contribution in [0.5, 0.6) is 0 Å². The molecule has 0 aliphatic heterocycles. The van der Waals surface area contributed by atoms with E-state index in [2.05, 4.69) is 22.2 Å². The Labute approximate surface area is 131 Å². The number of rotatable bonds is 5. The summed E-state index contributed by atoms with van der Waals surface area (Å²) in [5.74, 6) is 0.840. The lowest BCUT2D eigenvalue weighted by Crippen LogP contribution is -2.24. The Bertz CT molecular complexity index is 654. The Morgan fingerprint density at radius 3 is 2.95 bits per heavy atom. The van der Waals surface area contributed by atoms with Crippen LogP contribution in [0.15, 0.2) is 29.5 Å². The van der Waals surface area contributed by atoms with E-state index in [4.69, 9.17) is 0 Å². The van der Waals surface area contributed by atoms with E-state index in [-0.39, 0.29) is 5.56 Å². The SMILES string of the molecule is CCCNc1cc(Cn2cnc(C)c(I)c2=O)ccn1. The number of nitrogens with one attached hydrogen (secondary N) is 1. The molecule has 2 heterocycles. The molecule has 0 aromatic carbocycles. The van der Waals surface area contributed by atoms with E-state index >= 15 is 0 Å². The zero-order valence-electron chi connectivity index (χ0n) is 11.6. The van der Waals surface area contributed by atoms with E-state index in [0.29, 0.717) is 10.1 Å². The molecule has 0 aliphatic rings. The summed E-state index contributed by atoms with van der Waals surface area (Å²) in [4.78, 5) is 20.6. The molecule has 106 valence electrons. The minimum atomic E-state index is -0.00187. The first-order valence-electron chi connectivity index (χ1n) is 6.52. The van der Waals surface area contributed by atoms with Crippen LogP contribution in [-0.2, 0) is 6.54 Å². The smallest absolute Gasteiger partial charge is 0.267 e. The molecule has 1 N–H and O–H groups in total. The van der Waals surface area contributed by atoms with Gasteiger partial charge in [-0.25, -0.2) is 9.97 Å². The molecule has 0 saturated carbocycles. The van der Waals surface area contributed by atoms with Gasteiger partial charge in [-0.2, -0.15) is 0 Å². The fourth-order valence-corrected chi connectivity index (χ4v) is 2.23. The normalized spacial score (nSPS) is 10.6. The Morgan fingerprint density at radius 2 is 2.20 bits per heavy atom. The van der Waals surface area contributed by atoms with Crippen LogP contribution in [0.4, 0.5) is 5.82 Å². The van der Waals surface area contributed by atoms with Gasteiger partial charge in [-0.3, -0.25) is 9.36 Å². The van der Waals surface area contributed by atoms with Crippen LogP contribution in [0.3, 0.4) is 0 Å². The summed E-state index contributed by atoms with van der Waals surface area (Å²) in [6, 6.07) is 3.88. The second kappa shape index (κ2) is 6.83. The first kappa shape index (κ1) is 15.0. The Balaban J connectivity index is 2.22. The maximum absolute atomic E-state index is 12.1. The van der Waals surface area contributed by atoms with Crippen LogP contribution in [0.1, 0.15) is 24.6 Å². The molecule has 0 fully saturated rings. The highest BCUT2D eigenvalue weighted by molar-refractivity contribution is 14.1. The summed E-state index contributed by atoms with van der Waals surface area (Å²) in [6.07, 6.45) is 4.40. The van der Waals surface area contributed by atoms with Gasteiger partial charge in [-0.15, -0.1) is 0 Å². The average Bonchev–Trinajstić information content (AvgIpc) is 2.46. The standard InChI is InChI=1S/C14H17IN4O/c1-3-5-16-12-7-11(4-6-17-12)8-19-9-18-10(2)13(15)14(19)20/h4,6-7,9H,3,5,8H2,1-2H3,(H,16,17). The van der Waals surface area contributed by atoms with Crippen molar-refractivity contribution in [1.29, 1.82) is 0 Å². The highest BCUT2D eigenvalue weighted by atomic mass is 127. The Hall–Kier alpha value is -1.44. The number of halogens is 1. The van der Waals surface area contributed by atoms with Crippen LogP contribution < -0.4 is 10.9 Å². The number of anilines is 1. The first-order valence-corrected chi connectivity index (χ1v) is 7.60. The van der Waals surface area contributed by atoms with Gasteiger partial charge in [-0.05, 0) is 53.6 Å². The lowest BCUT2D eigenvalue weighted by atomic mass is 10.2. The molecule has 2 aromatic rings. The van der Waals surface area contributed by atoms with Crippen molar-refractivity contribution < 1.29 is 0 Å². The molecule has 2 rings (SSSR count). The number of aromatic nitrogens is 3. The van der Waals surface area contributed by atoms with E-state index in [1.54, 1.807) is 17.1 Å². The van der Waals surface area contributed by atoms with Gasteiger partial charge in [0.25, 0.3) is 5.56 Å². The van der Waals surface area contributed by atoms with Gasteiger partial charge < -0.3 is 5.32 Å². The lowest BCUT2D eigenvalue weighted by Gasteiger charge is -2.09. The number of aryl methyl sites for hydroxylation is 1. The number of hydrogen-bond acceptors (Lipinski definition) is 4. The van der Waals surface area contributed by atoms with Crippen molar-refractivity contribution in [2.75, 3.05) is 11.9 Å². The molecule has 0 atom stereocenters. The lowest BCUT2D eigenvalue weighted by molar-refractivity contribution is 0.723. The zero-order valence-corrected chi connectivity index (χ0v) is 13.7. The summed E-state index contributed by atoms with van der Waals surface area (Å²) < 4.78 is 2.29. The van der Waals surface area contributed by atoms with E-state index < -0.39 is 0 Å². The maximum Gasteiger partial charge on any atom is 0.267 e. The summed E-state index contributed by atoms with van der Waals surface area (Å²) in [7, 11) is 0. The summed E-state index contributed by atoms with van der Waals surface area (Å²) in [5.41, 5.74) is 1.80. The second-order valence-electron chi connectivity index (χ2n) is 4.55. The topological polar surface area (TPSA) is 59.8 Å². The van der Waals surface area contributed by atoms with E-state index in [9.17, 15) is 4.79 Å². The molecule has 0 unspecified atom stereocenters. The van der Waals surface area contributed by atoms with Crippen molar-refractivity contribution in [3.8, 4) is 0 Å². The third-order valence-corrected chi connectivity index (χ3v) is 4.13. The summed E-state index contributed by atoms with van der Waals surface area (Å²) >= 11 is 2.04. The highest BCUT2D eigenvalue weighted by Gasteiger charge is 2.06. The van der Waals surface area contributed by atoms with Crippen molar-refractivity contribution in [3.05, 3.63) is 49.8 Å². The fourth-order valence-electron chi connectivity index (χ4n) is 1.78. The molecule has 2 aromatic heterocycles. The molecule has 0 aliphatic carbocycles.